The highest BCUT2D eigenvalue weighted by molar-refractivity contribution is 9.11. The maximum atomic E-state index is 12.7. The van der Waals surface area contributed by atoms with Crippen LogP contribution < -0.4 is 15.4 Å². The average molecular weight is 597 g/mol. The molecule has 0 unspecified atom stereocenters. The van der Waals surface area contributed by atoms with Gasteiger partial charge in [0.25, 0.3) is 11.8 Å². The Morgan fingerprint density at radius 1 is 0.971 bits per heavy atom. The van der Waals surface area contributed by atoms with Crippen molar-refractivity contribution in [2.75, 3.05) is 17.2 Å². The van der Waals surface area contributed by atoms with E-state index in [1.807, 2.05) is 63.2 Å². The molecule has 0 fully saturated rings. The average Bonchev–Trinajstić information content (AvgIpc) is 2.79. The highest BCUT2D eigenvalue weighted by atomic mass is 79.9. The summed E-state index contributed by atoms with van der Waals surface area (Å²) in [6, 6.07) is 18.4. The van der Waals surface area contributed by atoms with Crippen LogP contribution in [-0.2, 0) is 9.59 Å². The lowest BCUT2D eigenvalue weighted by molar-refractivity contribution is -0.118. The molecule has 6 nitrogen and oxygen atoms in total. The lowest BCUT2D eigenvalue weighted by Gasteiger charge is -2.13. The highest BCUT2D eigenvalue weighted by Gasteiger charge is 2.16. The Hall–Kier alpha value is -3.41. The summed E-state index contributed by atoms with van der Waals surface area (Å²) in [4.78, 5) is 25.2. The zero-order valence-electron chi connectivity index (χ0n) is 19.4. The Kier molecular flexibility index (Phi) is 8.85. The number of hydrogen-bond acceptors (Lipinski definition) is 4. The summed E-state index contributed by atoms with van der Waals surface area (Å²) in [7, 11) is 0. The van der Waals surface area contributed by atoms with Gasteiger partial charge in [-0.2, -0.15) is 5.26 Å². The van der Waals surface area contributed by atoms with E-state index in [2.05, 4.69) is 42.5 Å². The first-order valence-corrected chi connectivity index (χ1v) is 12.2. The molecule has 35 heavy (non-hydrogen) atoms. The van der Waals surface area contributed by atoms with Crippen molar-refractivity contribution in [2.24, 2.45) is 0 Å². The SMILES string of the molecule is Cc1cccc(NC(=O)/C(C#N)=C/c2cc(Br)cc(Br)c2OCC(=O)Nc2ccc(C)c(C)c2)c1. The molecule has 0 heterocycles. The number of anilines is 2. The number of nitriles is 1. The lowest BCUT2D eigenvalue weighted by Crippen LogP contribution is -2.20. The molecule has 0 spiro atoms. The lowest BCUT2D eigenvalue weighted by atomic mass is 10.1. The first kappa shape index (κ1) is 26.2. The molecule has 0 aromatic heterocycles. The molecule has 0 saturated carbocycles. The van der Waals surface area contributed by atoms with Gasteiger partial charge in [-0.05, 0) is 95.9 Å². The number of ether oxygens (including phenoxy) is 1. The second kappa shape index (κ2) is 11.8. The van der Waals surface area contributed by atoms with Crippen LogP contribution in [0.15, 0.2) is 69.1 Å². The molecular formula is C27H23Br2N3O3. The second-order valence-corrected chi connectivity index (χ2v) is 9.71. The van der Waals surface area contributed by atoms with E-state index in [1.165, 1.54) is 6.08 Å². The van der Waals surface area contributed by atoms with Crippen LogP contribution in [0.1, 0.15) is 22.3 Å². The summed E-state index contributed by atoms with van der Waals surface area (Å²) < 4.78 is 7.08. The normalized spacial score (nSPS) is 10.9. The van der Waals surface area contributed by atoms with Crippen LogP contribution in [-0.4, -0.2) is 18.4 Å². The predicted molar refractivity (Wildman–Crippen MR) is 145 cm³/mol. The molecule has 178 valence electrons. The summed E-state index contributed by atoms with van der Waals surface area (Å²) in [6.07, 6.45) is 1.43. The van der Waals surface area contributed by atoms with E-state index in [0.29, 0.717) is 31.6 Å². The van der Waals surface area contributed by atoms with Crippen molar-refractivity contribution in [3.8, 4) is 11.8 Å². The first-order chi connectivity index (χ1) is 16.7. The number of carbonyl (C=O) groups is 2. The summed E-state index contributed by atoms with van der Waals surface area (Å²) in [5.74, 6) is -0.553. The molecular weight excluding hydrogens is 574 g/mol. The third kappa shape index (κ3) is 7.28. The number of benzene rings is 3. The Morgan fingerprint density at radius 2 is 1.71 bits per heavy atom. The van der Waals surface area contributed by atoms with Gasteiger partial charge in [-0.3, -0.25) is 9.59 Å². The molecule has 0 aliphatic rings. The summed E-state index contributed by atoms with van der Waals surface area (Å²) in [5.41, 5.74) is 4.80. The number of halogens is 2. The highest BCUT2D eigenvalue weighted by Crippen LogP contribution is 2.34. The maximum Gasteiger partial charge on any atom is 0.266 e. The number of rotatable bonds is 7. The fraction of sp³-hybridized carbons (Fsp3) is 0.148. The van der Waals surface area contributed by atoms with Crippen molar-refractivity contribution >= 4 is 61.1 Å². The monoisotopic (exact) mass is 595 g/mol. The van der Waals surface area contributed by atoms with E-state index in [-0.39, 0.29) is 18.1 Å². The number of nitrogens with zero attached hydrogens (tertiary/aromatic N) is 1. The van der Waals surface area contributed by atoms with Crippen molar-refractivity contribution in [2.45, 2.75) is 20.8 Å². The summed E-state index contributed by atoms with van der Waals surface area (Å²) in [6.45, 7) is 5.63. The van der Waals surface area contributed by atoms with Crippen molar-refractivity contribution in [1.82, 2.24) is 0 Å². The van der Waals surface area contributed by atoms with E-state index >= 15 is 0 Å². The minimum Gasteiger partial charge on any atom is -0.482 e. The largest absolute Gasteiger partial charge is 0.482 e. The van der Waals surface area contributed by atoms with E-state index in [1.54, 1.807) is 18.2 Å². The van der Waals surface area contributed by atoms with Gasteiger partial charge in [0.15, 0.2) is 6.61 Å². The minimum absolute atomic E-state index is 0.110. The third-order valence-corrected chi connectivity index (χ3v) is 6.16. The van der Waals surface area contributed by atoms with E-state index < -0.39 is 5.91 Å². The van der Waals surface area contributed by atoms with E-state index in [4.69, 9.17) is 4.74 Å². The molecule has 0 aliphatic carbocycles. The van der Waals surface area contributed by atoms with Gasteiger partial charge < -0.3 is 15.4 Å². The Bertz CT molecular complexity index is 1360. The third-order valence-electron chi connectivity index (χ3n) is 5.12. The van der Waals surface area contributed by atoms with E-state index in [0.717, 1.165) is 16.7 Å². The second-order valence-electron chi connectivity index (χ2n) is 7.94. The van der Waals surface area contributed by atoms with Crippen molar-refractivity contribution in [1.29, 1.82) is 5.26 Å². The van der Waals surface area contributed by atoms with Gasteiger partial charge in [-0.1, -0.05) is 34.1 Å². The molecule has 0 bridgehead atoms. The fourth-order valence-corrected chi connectivity index (χ4v) is 4.59. The molecule has 0 atom stereocenters. The number of nitrogens with one attached hydrogen (secondary N) is 2. The quantitative estimate of drug-likeness (QED) is 0.234. The summed E-state index contributed by atoms with van der Waals surface area (Å²) in [5, 5.41) is 15.2. The van der Waals surface area contributed by atoms with Gasteiger partial charge in [-0.15, -0.1) is 0 Å². The molecule has 0 aliphatic heterocycles. The first-order valence-electron chi connectivity index (χ1n) is 10.6. The van der Waals surface area contributed by atoms with Gasteiger partial charge in [0.2, 0.25) is 0 Å². The van der Waals surface area contributed by atoms with Crippen molar-refractivity contribution in [3.63, 3.8) is 0 Å². The number of carbonyl (C=O) groups excluding carboxylic acids is 2. The molecule has 2 amide bonds. The minimum atomic E-state index is -0.548. The Balaban J connectivity index is 1.80. The molecule has 3 aromatic rings. The van der Waals surface area contributed by atoms with Crippen LogP contribution in [0, 0.1) is 32.1 Å². The van der Waals surface area contributed by atoms with Crippen LogP contribution in [0.25, 0.3) is 6.08 Å². The molecule has 0 saturated heterocycles. The van der Waals surface area contributed by atoms with Crippen LogP contribution in [0.4, 0.5) is 11.4 Å². The van der Waals surface area contributed by atoms with E-state index in [9.17, 15) is 14.9 Å². The predicted octanol–water partition coefficient (Wildman–Crippen LogP) is 6.70. The van der Waals surface area contributed by atoms with Gasteiger partial charge >= 0.3 is 0 Å². The standard InChI is InChI=1S/C27H23Br2N3O3/c1-16-5-4-6-22(9-16)32-27(34)20(14-30)11-19-12-21(28)13-24(29)26(19)35-15-25(33)31-23-8-7-17(2)18(3)10-23/h4-13H,15H2,1-3H3,(H,31,33)(H,32,34)/b20-11+. The topological polar surface area (TPSA) is 91.2 Å². The van der Waals surface area contributed by atoms with Gasteiger partial charge in [0.1, 0.15) is 17.4 Å². The van der Waals surface area contributed by atoms with Crippen LogP contribution >= 0.6 is 31.9 Å². The van der Waals surface area contributed by atoms with Gasteiger partial charge in [0.05, 0.1) is 4.47 Å². The molecule has 3 aromatic carbocycles. The van der Waals surface area contributed by atoms with Crippen molar-refractivity contribution < 1.29 is 14.3 Å². The molecule has 3 rings (SSSR count). The van der Waals surface area contributed by atoms with Crippen LogP contribution in [0.2, 0.25) is 0 Å². The number of hydrogen-bond donors (Lipinski definition) is 2. The Morgan fingerprint density at radius 3 is 2.40 bits per heavy atom. The maximum absolute atomic E-state index is 12.7. The van der Waals surface area contributed by atoms with Crippen LogP contribution in [0.5, 0.6) is 5.75 Å². The zero-order chi connectivity index (χ0) is 25.5. The molecule has 2 N–H and O–H groups in total. The number of amides is 2. The molecule has 8 heteroatoms. The fourth-order valence-electron chi connectivity index (χ4n) is 3.22. The van der Waals surface area contributed by atoms with Gasteiger partial charge in [0, 0.05) is 21.4 Å². The number of aryl methyl sites for hydroxylation is 3. The Labute approximate surface area is 221 Å². The van der Waals surface area contributed by atoms with Crippen molar-refractivity contribution in [3.05, 3.63) is 91.4 Å². The van der Waals surface area contributed by atoms with Gasteiger partial charge in [-0.25, -0.2) is 0 Å². The molecule has 0 radical (unpaired) electrons. The zero-order valence-corrected chi connectivity index (χ0v) is 22.6. The summed E-state index contributed by atoms with van der Waals surface area (Å²) >= 11 is 6.86. The van der Waals surface area contributed by atoms with Crippen LogP contribution in [0.3, 0.4) is 0 Å². The smallest absolute Gasteiger partial charge is 0.266 e.